The lowest BCUT2D eigenvalue weighted by Gasteiger charge is -2.16. The van der Waals surface area contributed by atoms with Crippen molar-refractivity contribution in [1.82, 2.24) is 10.6 Å². The summed E-state index contributed by atoms with van der Waals surface area (Å²) in [4.78, 5) is 21.6. The Morgan fingerprint density at radius 1 is 1.56 bits per heavy atom. The molecule has 1 unspecified atom stereocenters. The van der Waals surface area contributed by atoms with Gasteiger partial charge < -0.3 is 15.7 Å². The summed E-state index contributed by atoms with van der Waals surface area (Å²) in [5.41, 5.74) is 0. The highest BCUT2D eigenvalue weighted by atomic mass is 32.2. The third kappa shape index (κ3) is 2.61. The molecule has 0 aromatic rings. The average Bonchev–Trinajstić information content (AvgIpc) is 2.78. The van der Waals surface area contributed by atoms with Crippen LogP contribution in [-0.2, 0) is 4.79 Å². The zero-order chi connectivity index (χ0) is 12.4. The molecule has 4 atom stereocenters. The molecule has 2 heterocycles. The SMILES string of the molecule is [2H]C(CCC[C@@H]1SC[C@@H]2NC(=O)N[C@@H]21)C(=O)O. The maximum atomic E-state index is 11.1. The lowest BCUT2D eigenvalue weighted by Crippen LogP contribution is -2.36. The predicted octanol–water partition coefficient (Wildman–Crippen LogP) is 0.797. The normalized spacial score (nSPS) is 34.9. The van der Waals surface area contributed by atoms with Gasteiger partial charge in [-0.1, -0.05) is 6.42 Å². The average molecular weight is 245 g/mol. The van der Waals surface area contributed by atoms with Crippen molar-refractivity contribution in [3.8, 4) is 0 Å². The minimum Gasteiger partial charge on any atom is -0.481 e. The third-order valence-electron chi connectivity index (χ3n) is 2.95. The quantitative estimate of drug-likeness (QED) is 0.626. The second-order valence-electron chi connectivity index (χ2n) is 4.10. The number of nitrogens with one attached hydrogen (secondary N) is 2. The van der Waals surface area contributed by atoms with E-state index in [0.29, 0.717) is 11.7 Å². The predicted molar refractivity (Wildman–Crippen MR) is 61.6 cm³/mol. The van der Waals surface area contributed by atoms with Gasteiger partial charge in [0.1, 0.15) is 0 Å². The Morgan fingerprint density at radius 2 is 2.38 bits per heavy atom. The van der Waals surface area contributed by atoms with Gasteiger partial charge in [-0.15, -0.1) is 0 Å². The van der Waals surface area contributed by atoms with E-state index in [0.717, 1.165) is 18.6 Å². The fourth-order valence-corrected chi connectivity index (χ4v) is 3.73. The van der Waals surface area contributed by atoms with Crippen LogP contribution in [0.5, 0.6) is 0 Å². The summed E-state index contributed by atoms with van der Waals surface area (Å²) in [6.07, 6.45) is 0.937. The van der Waals surface area contributed by atoms with Crippen LogP contribution in [0.1, 0.15) is 27.0 Å². The summed E-state index contributed by atoms with van der Waals surface area (Å²) < 4.78 is 7.29. The molecule has 0 aromatic carbocycles. The van der Waals surface area contributed by atoms with Crippen molar-refractivity contribution in [2.24, 2.45) is 0 Å². The zero-order valence-electron chi connectivity index (χ0n) is 9.81. The van der Waals surface area contributed by atoms with E-state index in [-0.39, 0.29) is 18.1 Å². The number of urea groups is 1. The third-order valence-corrected chi connectivity index (χ3v) is 4.46. The second kappa shape index (κ2) is 4.95. The van der Waals surface area contributed by atoms with Gasteiger partial charge in [-0.3, -0.25) is 4.79 Å². The molecule has 3 N–H and O–H groups in total. The van der Waals surface area contributed by atoms with E-state index in [2.05, 4.69) is 10.6 Å². The van der Waals surface area contributed by atoms with Gasteiger partial charge in [-0.05, 0) is 12.8 Å². The van der Waals surface area contributed by atoms with Crippen LogP contribution in [0.25, 0.3) is 0 Å². The largest absolute Gasteiger partial charge is 0.481 e. The van der Waals surface area contributed by atoms with Crippen LogP contribution in [0.3, 0.4) is 0 Å². The van der Waals surface area contributed by atoms with Crippen molar-refractivity contribution in [3.05, 3.63) is 0 Å². The number of rotatable bonds is 5. The van der Waals surface area contributed by atoms with E-state index in [4.69, 9.17) is 6.48 Å². The van der Waals surface area contributed by atoms with Crippen molar-refractivity contribution in [3.63, 3.8) is 0 Å². The Labute approximate surface area is 99.8 Å². The van der Waals surface area contributed by atoms with Crippen LogP contribution in [0.2, 0.25) is 0 Å². The summed E-state index contributed by atoms with van der Waals surface area (Å²) in [5.74, 6) is -0.144. The molecule has 2 rings (SSSR count). The van der Waals surface area contributed by atoms with Crippen LogP contribution in [0.4, 0.5) is 4.79 Å². The minimum absolute atomic E-state index is 0.103. The van der Waals surface area contributed by atoms with Crippen molar-refractivity contribution in [1.29, 1.82) is 0 Å². The molecule has 2 saturated heterocycles. The van der Waals surface area contributed by atoms with Crippen LogP contribution < -0.4 is 10.6 Å². The van der Waals surface area contributed by atoms with E-state index in [1.807, 2.05) is 11.8 Å². The number of hydrogen-bond acceptors (Lipinski definition) is 3. The van der Waals surface area contributed by atoms with Crippen LogP contribution in [0.15, 0.2) is 0 Å². The van der Waals surface area contributed by atoms with Gasteiger partial charge in [0.05, 0.1) is 12.1 Å². The smallest absolute Gasteiger partial charge is 0.315 e. The molecule has 2 aliphatic rings. The Kier molecular flexibility index (Phi) is 3.17. The topological polar surface area (TPSA) is 78.4 Å². The van der Waals surface area contributed by atoms with E-state index in [9.17, 15) is 9.59 Å². The van der Waals surface area contributed by atoms with Crippen LogP contribution in [-0.4, -0.2) is 40.2 Å². The molecule has 2 amide bonds. The summed E-state index contributed by atoms with van der Waals surface area (Å²) >= 11 is 1.81. The first-order valence-corrected chi connectivity index (χ1v) is 6.46. The standard InChI is InChI=1S/C10H16N2O3S/c13-8(14)4-2-1-3-7-9-6(5-16-7)11-10(15)12-9/h6-7,9H,1-5H2,(H,13,14)(H2,11,12,15)/t6-,7-,9-/m0/s1/i4D/t4?,6-,7-,9-. The molecule has 2 aliphatic heterocycles. The highest BCUT2D eigenvalue weighted by Gasteiger charge is 2.42. The monoisotopic (exact) mass is 245 g/mol. The highest BCUT2D eigenvalue weighted by molar-refractivity contribution is 8.00. The maximum absolute atomic E-state index is 11.1. The summed E-state index contributed by atoms with van der Waals surface area (Å²) in [5, 5.41) is 14.7. The number of amides is 2. The van der Waals surface area contributed by atoms with E-state index < -0.39 is 12.4 Å². The molecule has 0 radical (unpaired) electrons. The number of carbonyl (C=O) groups excluding carboxylic acids is 1. The van der Waals surface area contributed by atoms with Crippen molar-refractivity contribution < 1.29 is 16.1 Å². The summed E-state index contributed by atoms with van der Waals surface area (Å²) in [6, 6.07) is 0.277. The lowest BCUT2D eigenvalue weighted by molar-refractivity contribution is -0.137. The highest BCUT2D eigenvalue weighted by Crippen LogP contribution is 2.33. The Morgan fingerprint density at radius 3 is 3.12 bits per heavy atom. The number of carbonyl (C=O) groups is 2. The maximum Gasteiger partial charge on any atom is 0.315 e. The first-order valence-electron chi connectivity index (χ1n) is 5.99. The second-order valence-corrected chi connectivity index (χ2v) is 5.37. The summed E-state index contributed by atoms with van der Waals surface area (Å²) in [7, 11) is 0. The van der Waals surface area contributed by atoms with Gasteiger partial charge in [0.15, 0.2) is 0 Å². The molecule has 0 spiro atoms. The number of carboxylic acids is 1. The van der Waals surface area contributed by atoms with Gasteiger partial charge in [0.25, 0.3) is 0 Å². The molecule has 0 aromatic heterocycles. The van der Waals surface area contributed by atoms with Gasteiger partial charge in [0.2, 0.25) is 0 Å². The molecule has 16 heavy (non-hydrogen) atoms. The summed E-state index contributed by atoms with van der Waals surface area (Å²) in [6.45, 7) is 0. The number of carboxylic acid groups (broad SMARTS) is 1. The van der Waals surface area contributed by atoms with Crippen molar-refractivity contribution in [2.75, 3.05) is 5.75 Å². The Hall–Kier alpha value is -0.910. The molecular formula is C10H16N2O3S. The molecular weight excluding hydrogens is 228 g/mol. The molecule has 90 valence electrons. The fraction of sp³-hybridized carbons (Fsp3) is 0.800. The minimum atomic E-state index is -1.06. The van der Waals surface area contributed by atoms with E-state index in [1.165, 1.54) is 0 Å². The number of thioether (sulfide) groups is 1. The molecule has 5 nitrogen and oxygen atoms in total. The molecule has 6 heteroatoms. The Balaban J connectivity index is 1.73. The van der Waals surface area contributed by atoms with E-state index >= 15 is 0 Å². The first-order chi connectivity index (χ1) is 8.08. The number of aliphatic carboxylic acids is 1. The number of fused-ring (bicyclic) bond motifs is 1. The van der Waals surface area contributed by atoms with Crippen molar-refractivity contribution >= 4 is 23.8 Å². The Bertz CT molecular complexity index is 329. The first kappa shape index (κ1) is 10.3. The molecule has 0 bridgehead atoms. The van der Waals surface area contributed by atoms with Gasteiger partial charge in [-0.25, -0.2) is 4.79 Å². The number of hydrogen-bond donors (Lipinski definition) is 3. The van der Waals surface area contributed by atoms with Crippen LogP contribution >= 0.6 is 11.8 Å². The lowest BCUT2D eigenvalue weighted by atomic mass is 10.0. The fourth-order valence-electron chi connectivity index (χ4n) is 2.19. The molecule has 2 fully saturated rings. The van der Waals surface area contributed by atoms with Gasteiger partial charge >= 0.3 is 12.0 Å². The molecule has 0 aliphatic carbocycles. The van der Waals surface area contributed by atoms with Gasteiger partial charge in [-0.2, -0.15) is 11.8 Å². The van der Waals surface area contributed by atoms with Crippen molar-refractivity contribution in [2.45, 2.75) is 43.0 Å². The zero-order valence-corrected chi connectivity index (χ0v) is 9.63. The van der Waals surface area contributed by atoms with Gasteiger partial charge in [0, 0.05) is 18.8 Å². The molecule has 0 saturated carbocycles. The van der Waals surface area contributed by atoms with Crippen LogP contribution in [0, 0.1) is 0 Å². The van der Waals surface area contributed by atoms with E-state index in [1.54, 1.807) is 0 Å².